The van der Waals surface area contributed by atoms with Gasteiger partial charge in [0, 0.05) is 20.7 Å². The molecule has 4 aromatic rings. The second-order valence-electron chi connectivity index (χ2n) is 7.31. The number of aryl methyl sites for hydroxylation is 2. The Bertz CT molecular complexity index is 1300. The van der Waals surface area contributed by atoms with Crippen molar-refractivity contribution in [3.8, 4) is 17.1 Å². The lowest BCUT2D eigenvalue weighted by Gasteiger charge is -2.11. The van der Waals surface area contributed by atoms with E-state index in [0.29, 0.717) is 16.5 Å². The summed E-state index contributed by atoms with van der Waals surface area (Å²) in [5.74, 6) is 0.254. The van der Waals surface area contributed by atoms with Crippen molar-refractivity contribution in [3.63, 3.8) is 0 Å². The molecule has 31 heavy (non-hydrogen) atoms. The highest BCUT2D eigenvalue weighted by atomic mass is 79.9. The zero-order chi connectivity index (χ0) is 22.1. The zero-order valence-electron chi connectivity index (χ0n) is 17.3. The molecule has 3 aromatic carbocycles. The molecule has 1 N–H and O–H groups in total. The molecule has 0 aliphatic rings. The third kappa shape index (κ3) is 4.40. The molecule has 0 saturated heterocycles. The van der Waals surface area contributed by atoms with E-state index in [9.17, 15) is 4.79 Å². The third-order valence-corrected chi connectivity index (χ3v) is 5.86. The minimum atomic E-state index is -0.377. The highest BCUT2D eigenvalue weighted by Crippen LogP contribution is 2.27. The van der Waals surface area contributed by atoms with Gasteiger partial charge in [-0.2, -0.15) is 0 Å². The second-order valence-corrected chi connectivity index (χ2v) is 8.67. The van der Waals surface area contributed by atoms with Crippen molar-refractivity contribution in [1.82, 2.24) is 14.8 Å². The van der Waals surface area contributed by atoms with Gasteiger partial charge in [-0.05, 0) is 73.9 Å². The molecule has 0 bridgehead atoms. The monoisotopic (exact) mass is 494 g/mol. The molecule has 0 unspecified atom stereocenters. The first-order valence-electron chi connectivity index (χ1n) is 9.70. The number of carbonyl (C=O) groups is 1. The van der Waals surface area contributed by atoms with Crippen LogP contribution in [0.2, 0.25) is 5.02 Å². The minimum Gasteiger partial charge on any atom is -0.319 e. The zero-order valence-corrected chi connectivity index (χ0v) is 19.6. The minimum absolute atomic E-state index is 0.0817. The Morgan fingerprint density at radius 1 is 1.00 bits per heavy atom. The first-order chi connectivity index (χ1) is 14.8. The summed E-state index contributed by atoms with van der Waals surface area (Å²) < 4.78 is 2.65. The van der Waals surface area contributed by atoms with Crippen LogP contribution in [0.1, 0.15) is 27.3 Å². The second kappa shape index (κ2) is 8.65. The SMILES string of the molecule is Cc1cc(Br)ccc1NC(=O)c1nc(-c2cccc(Cl)c2)n(-c2cccc(C)c2C)n1. The van der Waals surface area contributed by atoms with Crippen LogP contribution in [-0.4, -0.2) is 20.7 Å². The largest absolute Gasteiger partial charge is 0.319 e. The van der Waals surface area contributed by atoms with Gasteiger partial charge in [0.25, 0.3) is 5.91 Å². The standard InChI is InChI=1S/C24H20BrClN4O/c1-14-6-4-9-21(16(14)3)30-23(17-7-5-8-19(26)13-17)28-22(29-30)24(31)27-20-11-10-18(25)12-15(20)2/h4-13H,1-3H3,(H,27,31). The number of hydrogen-bond donors (Lipinski definition) is 1. The van der Waals surface area contributed by atoms with Crippen LogP contribution in [-0.2, 0) is 0 Å². The number of halogens is 2. The Kier molecular flexibility index (Phi) is 5.94. The summed E-state index contributed by atoms with van der Waals surface area (Å²) >= 11 is 9.65. The van der Waals surface area contributed by atoms with Crippen LogP contribution in [0.5, 0.6) is 0 Å². The molecule has 7 heteroatoms. The van der Waals surface area contributed by atoms with E-state index in [-0.39, 0.29) is 11.7 Å². The fourth-order valence-electron chi connectivity index (χ4n) is 3.30. The van der Waals surface area contributed by atoms with Crippen LogP contribution in [0.15, 0.2) is 65.1 Å². The molecular weight excluding hydrogens is 476 g/mol. The van der Waals surface area contributed by atoms with Gasteiger partial charge >= 0.3 is 0 Å². The summed E-state index contributed by atoms with van der Waals surface area (Å²) in [7, 11) is 0. The Morgan fingerprint density at radius 2 is 1.77 bits per heavy atom. The number of nitrogens with zero attached hydrogens (tertiary/aromatic N) is 3. The molecule has 0 atom stereocenters. The van der Waals surface area contributed by atoms with Crippen molar-refractivity contribution in [2.24, 2.45) is 0 Å². The molecule has 1 heterocycles. The van der Waals surface area contributed by atoms with Gasteiger partial charge in [-0.25, -0.2) is 9.67 Å². The molecule has 0 aliphatic carbocycles. The number of hydrogen-bond acceptors (Lipinski definition) is 3. The molecule has 5 nitrogen and oxygen atoms in total. The van der Waals surface area contributed by atoms with E-state index in [1.807, 2.05) is 75.4 Å². The van der Waals surface area contributed by atoms with E-state index >= 15 is 0 Å². The lowest BCUT2D eigenvalue weighted by Crippen LogP contribution is -2.15. The molecule has 0 saturated carbocycles. The highest BCUT2D eigenvalue weighted by molar-refractivity contribution is 9.10. The smallest absolute Gasteiger partial charge is 0.295 e. The predicted octanol–water partition coefficient (Wildman–Crippen LogP) is 6.53. The van der Waals surface area contributed by atoms with Gasteiger partial charge in [0.05, 0.1) is 5.69 Å². The fourth-order valence-corrected chi connectivity index (χ4v) is 3.97. The summed E-state index contributed by atoms with van der Waals surface area (Å²) in [6.45, 7) is 6.00. The molecular formula is C24H20BrClN4O. The number of carbonyl (C=O) groups excluding carboxylic acids is 1. The maximum atomic E-state index is 13.0. The molecule has 156 valence electrons. The number of anilines is 1. The first kappa shape index (κ1) is 21.3. The molecule has 0 aliphatic heterocycles. The Morgan fingerprint density at radius 3 is 2.52 bits per heavy atom. The van der Waals surface area contributed by atoms with Crippen LogP contribution in [0, 0.1) is 20.8 Å². The van der Waals surface area contributed by atoms with E-state index in [1.54, 1.807) is 10.7 Å². The molecule has 0 spiro atoms. The number of amides is 1. The van der Waals surface area contributed by atoms with E-state index in [1.165, 1.54) is 0 Å². The van der Waals surface area contributed by atoms with Crippen LogP contribution < -0.4 is 5.32 Å². The Balaban J connectivity index is 1.81. The molecule has 0 radical (unpaired) electrons. The molecule has 1 aromatic heterocycles. The van der Waals surface area contributed by atoms with Crippen LogP contribution in [0.3, 0.4) is 0 Å². The first-order valence-corrected chi connectivity index (χ1v) is 10.9. The number of nitrogens with one attached hydrogen (secondary N) is 1. The lowest BCUT2D eigenvalue weighted by atomic mass is 10.1. The van der Waals surface area contributed by atoms with Crippen molar-refractivity contribution in [2.75, 3.05) is 5.32 Å². The van der Waals surface area contributed by atoms with Crippen LogP contribution in [0.4, 0.5) is 5.69 Å². The molecule has 4 rings (SSSR count). The summed E-state index contributed by atoms with van der Waals surface area (Å²) in [6.07, 6.45) is 0. The Labute approximate surface area is 194 Å². The maximum Gasteiger partial charge on any atom is 0.295 e. The van der Waals surface area contributed by atoms with Crippen molar-refractivity contribution in [3.05, 3.63) is 92.7 Å². The van der Waals surface area contributed by atoms with Gasteiger partial charge in [0.15, 0.2) is 5.82 Å². The van der Waals surface area contributed by atoms with Gasteiger partial charge in [-0.3, -0.25) is 4.79 Å². The van der Waals surface area contributed by atoms with E-state index in [4.69, 9.17) is 11.6 Å². The highest BCUT2D eigenvalue weighted by Gasteiger charge is 2.21. The van der Waals surface area contributed by atoms with Crippen molar-refractivity contribution < 1.29 is 4.79 Å². The normalized spacial score (nSPS) is 10.9. The molecule has 0 fully saturated rings. The topological polar surface area (TPSA) is 59.8 Å². The Hall–Kier alpha value is -2.96. The van der Waals surface area contributed by atoms with Gasteiger partial charge in [0.1, 0.15) is 0 Å². The van der Waals surface area contributed by atoms with Gasteiger partial charge < -0.3 is 5.32 Å². The lowest BCUT2D eigenvalue weighted by molar-refractivity contribution is 0.101. The van der Waals surface area contributed by atoms with E-state index < -0.39 is 0 Å². The van der Waals surface area contributed by atoms with Crippen molar-refractivity contribution >= 4 is 39.1 Å². The summed E-state index contributed by atoms with van der Waals surface area (Å²) in [5.41, 5.74) is 5.47. The summed E-state index contributed by atoms with van der Waals surface area (Å²) in [5, 5.41) is 8.07. The van der Waals surface area contributed by atoms with Crippen LogP contribution in [0.25, 0.3) is 17.1 Å². The summed E-state index contributed by atoms with van der Waals surface area (Å²) in [4.78, 5) is 17.6. The van der Waals surface area contributed by atoms with Crippen molar-refractivity contribution in [2.45, 2.75) is 20.8 Å². The average Bonchev–Trinajstić information content (AvgIpc) is 3.17. The average molecular weight is 496 g/mol. The third-order valence-electron chi connectivity index (χ3n) is 5.13. The molecule has 1 amide bonds. The maximum absolute atomic E-state index is 13.0. The van der Waals surface area contributed by atoms with Gasteiger partial charge in [-0.1, -0.05) is 51.8 Å². The summed E-state index contributed by atoms with van der Waals surface area (Å²) in [6, 6.07) is 19.0. The fraction of sp³-hybridized carbons (Fsp3) is 0.125. The predicted molar refractivity (Wildman–Crippen MR) is 128 cm³/mol. The van der Waals surface area contributed by atoms with Gasteiger partial charge in [-0.15, -0.1) is 5.10 Å². The van der Waals surface area contributed by atoms with Crippen molar-refractivity contribution in [1.29, 1.82) is 0 Å². The van der Waals surface area contributed by atoms with E-state index in [2.05, 4.69) is 31.3 Å². The quantitative estimate of drug-likeness (QED) is 0.350. The number of benzene rings is 3. The number of aromatic nitrogens is 3. The number of rotatable bonds is 4. The van der Waals surface area contributed by atoms with Gasteiger partial charge in [0.2, 0.25) is 5.82 Å². The van der Waals surface area contributed by atoms with E-state index in [0.717, 1.165) is 32.4 Å². The van der Waals surface area contributed by atoms with Crippen LogP contribution >= 0.6 is 27.5 Å².